The van der Waals surface area contributed by atoms with Crippen molar-refractivity contribution in [1.82, 2.24) is 9.88 Å². The zero-order valence-electron chi connectivity index (χ0n) is 20.6. The number of carbonyl (C=O) groups excluding carboxylic acids is 1. The maximum absolute atomic E-state index is 13.7. The van der Waals surface area contributed by atoms with Crippen LogP contribution in [0, 0.1) is 11.7 Å². The molecule has 1 atom stereocenters. The maximum Gasteiger partial charge on any atom is 0.254 e. The van der Waals surface area contributed by atoms with Gasteiger partial charge in [0, 0.05) is 30.8 Å². The number of pyridine rings is 1. The lowest BCUT2D eigenvalue weighted by molar-refractivity contribution is 0.0727. The number of ether oxygens (including phenoxy) is 2. The first-order valence-electron chi connectivity index (χ1n) is 12.5. The minimum absolute atomic E-state index is 0.106. The zero-order chi connectivity index (χ0) is 25.5. The molecule has 188 valence electrons. The molecule has 0 spiro atoms. The van der Waals surface area contributed by atoms with Crippen LogP contribution in [0.15, 0.2) is 97.2 Å². The van der Waals surface area contributed by atoms with Crippen molar-refractivity contribution in [3.8, 4) is 16.9 Å². The van der Waals surface area contributed by atoms with Crippen LogP contribution in [0.25, 0.3) is 11.1 Å². The van der Waals surface area contributed by atoms with E-state index in [1.807, 2.05) is 60.7 Å². The molecule has 4 aromatic rings. The van der Waals surface area contributed by atoms with Crippen LogP contribution < -0.4 is 4.74 Å². The molecule has 1 saturated heterocycles. The van der Waals surface area contributed by atoms with Gasteiger partial charge in [-0.3, -0.25) is 9.78 Å². The Morgan fingerprint density at radius 2 is 1.81 bits per heavy atom. The van der Waals surface area contributed by atoms with Gasteiger partial charge in [0.15, 0.2) is 0 Å². The summed E-state index contributed by atoms with van der Waals surface area (Å²) in [5.41, 5.74) is 3.96. The Morgan fingerprint density at radius 3 is 2.57 bits per heavy atom. The second-order valence-corrected chi connectivity index (χ2v) is 9.26. The lowest BCUT2D eigenvalue weighted by Gasteiger charge is -2.23. The molecule has 0 radical (unpaired) electrons. The van der Waals surface area contributed by atoms with E-state index in [1.54, 1.807) is 29.3 Å². The number of halogens is 1. The Labute approximate surface area is 216 Å². The Balaban J connectivity index is 1.34. The lowest BCUT2D eigenvalue weighted by atomic mass is 10.0. The van der Waals surface area contributed by atoms with Crippen LogP contribution in [0.4, 0.5) is 4.39 Å². The molecule has 0 saturated carbocycles. The number of rotatable bonds is 9. The number of nitrogens with zero attached hydrogens (tertiary/aromatic N) is 2. The molecule has 37 heavy (non-hydrogen) atoms. The summed E-state index contributed by atoms with van der Waals surface area (Å²) in [4.78, 5) is 19.8. The number of aromatic nitrogens is 1. The quantitative estimate of drug-likeness (QED) is 0.279. The van der Waals surface area contributed by atoms with Gasteiger partial charge >= 0.3 is 0 Å². The third-order valence-corrected chi connectivity index (χ3v) is 6.44. The number of hydrogen-bond donors (Lipinski definition) is 0. The van der Waals surface area contributed by atoms with Gasteiger partial charge in [0.25, 0.3) is 5.91 Å². The Morgan fingerprint density at radius 1 is 0.946 bits per heavy atom. The number of carbonyl (C=O) groups is 1. The highest BCUT2D eigenvalue weighted by atomic mass is 19.1. The SMILES string of the molecule is O=C(c1ccc(-c2cccc(F)c2)cc1)N(Cc1cccc(OCC2CCOC2)c1)Cc1ccccn1. The first-order valence-corrected chi connectivity index (χ1v) is 12.5. The van der Waals surface area contributed by atoms with Gasteiger partial charge in [-0.25, -0.2) is 4.39 Å². The molecule has 5 nitrogen and oxygen atoms in total. The van der Waals surface area contributed by atoms with Crippen molar-refractivity contribution in [3.05, 3.63) is 120 Å². The zero-order valence-corrected chi connectivity index (χ0v) is 20.6. The third kappa shape index (κ3) is 6.60. The van der Waals surface area contributed by atoms with Gasteiger partial charge in [0.1, 0.15) is 11.6 Å². The Hall–Kier alpha value is -4.03. The molecule has 1 fully saturated rings. The highest BCUT2D eigenvalue weighted by Gasteiger charge is 2.19. The van der Waals surface area contributed by atoms with Crippen LogP contribution in [-0.2, 0) is 17.8 Å². The molecule has 1 aliphatic heterocycles. The van der Waals surface area contributed by atoms with Crippen molar-refractivity contribution in [2.75, 3.05) is 19.8 Å². The summed E-state index contributed by atoms with van der Waals surface area (Å²) in [5.74, 6) is 0.808. The summed E-state index contributed by atoms with van der Waals surface area (Å²) in [6.07, 6.45) is 2.75. The minimum Gasteiger partial charge on any atom is -0.493 e. The molecule has 6 heteroatoms. The normalized spacial score (nSPS) is 14.9. The van der Waals surface area contributed by atoms with Gasteiger partial charge in [-0.1, -0.05) is 42.5 Å². The van der Waals surface area contributed by atoms with E-state index in [0.29, 0.717) is 31.2 Å². The lowest BCUT2D eigenvalue weighted by Crippen LogP contribution is -2.30. The van der Waals surface area contributed by atoms with Crippen LogP contribution in [0.5, 0.6) is 5.75 Å². The molecular formula is C31H29FN2O3. The molecule has 0 aliphatic carbocycles. The molecule has 1 amide bonds. The fourth-order valence-corrected chi connectivity index (χ4v) is 4.43. The number of amides is 1. The summed E-state index contributed by atoms with van der Waals surface area (Å²) < 4.78 is 25.1. The van der Waals surface area contributed by atoms with Gasteiger partial charge in [0.05, 0.1) is 25.5 Å². The molecular weight excluding hydrogens is 467 g/mol. The van der Waals surface area contributed by atoms with E-state index < -0.39 is 0 Å². The maximum atomic E-state index is 13.7. The fourth-order valence-electron chi connectivity index (χ4n) is 4.43. The van der Waals surface area contributed by atoms with E-state index in [-0.39, 0.29) is 11.7 Å². The van der Waals surface area contributed by atoms with E-state index in [0.717, 1.165) is 47.8 Å². The summed E-state index contributed by atoms with van der Waals surface area (Å²) in [7, 11) is 0. The topological polar surface area (TPSA) is 51.7 Å². The van der Waals surface area contributed by atoms with Crippen LogP contribution in [-0.4, -0.2) is 35.6 Å². The predicted molar refractivity (Wildman–Crippen MR) is 141 cm³/mol. The first-order chi connectivity index (χ1) is 18.1. The van der Waals surface area contributed by atoms with Gasteiger partial charge in [-0.15, -0.1) is 0 Å². The second kappa shape index (κ2) is 11.8. The van der Waals surface area contributed by atoms with Gasteiger partial charge in [-0.05, 0) is 71.6 Å². The number of hydrogen-bond acceptors (Lipinski definition) is 4. The molecule has 3 aromatic carbocycles. The molecule has 2 heterocycles. The van der Waals surface area contributed by atoms with Crippen molar-refractivity contribution >= 4 is 5.91 Å². The standard InChI is InChI=1S/C31H29FN2O3/c32-28-7-4-6-27(18-28)25-10-12-26(13-11-25)31(35)34(20-29-8-1-2-15-33-29)19-23-5-3-9-30(17-23)37-22-24-14-16-36-21-24/h1-13,15,17-18,24H,14,16,19-22H2. The monoisotopic (exact) mass is 496 g/mol. The van der Waals surface area contributed by atoms with Gasteiger partial charge in [-0.2, -0.15) is 0 Å². The van der Waals surface area contributed by atoms with Crippen molar-refractivity contribution in [2.24, 2.45) is 5.92 Å². The fraction of sp³-hybridized carbons (Fsp3) is 0.226. The van der Waals surface area contributed by atoms with Crippen LogP contribution in [0.3, 0.4) is 0 Å². The van der Waals surface area contributed by atoms with Gasteiger partial charge in [0.2, 0.25) is 0 Å². The van der Waals surface area contributed by atoms with E-state index in [1.165, 1.54) is 12.1 Å². The van der Waals surface area contributed by atoms with Crippen molar-refractivity contribution in [3.63, 3.8) is 0 Å². The largest absolute Gasteiger partial charge is 0.493 e. The molecule has 5 rings (SSSR count). The number of benzene rings is 3. The summed E-state index contributed by atoms with van der Waals surface area (Å²) in [5, 5.41) is 0. The van der Waals surface area contributed by atoms with Crippen LogP contribution in [0.1, 0.15) is 28.0 Å². The van der Waals surface area contributed by atoms with Crippen molar-refractivity contribution in [2.45, 2.75) is 19.5 Å². The first kappa shape index (κ1) is 24.7. The van der Waals surface area contributed by atoms with E-state index in [2.05, 4.69) is 4.98 Å². The molecule has 1 unspecified atom stereocenters. The molecule has 0 bridgehead atoms. The van der Waals surface area contributed by atoms with E-state index >= 15 is 0 Å². The smallest absolute Gasteiger partial charge is 0.254 e. The summed E-state index contributed by atoms with van der Waals surface area (Å²) in [6.45, 7) is 2.93. The van der Waals surface area contributed by atoms with Crippen LogP contribution in [0.2, 0.25) is 0 Å². The van der Waals surface area contributed by atoms with E-state index in [9.17, 15) is 9.18 Å². The highest BCUT2D eigenvalue weighted by Crippen LogP contribution is 2.23. The third-order valence-electron chi connectivity index (χ3n) is 6.44. The highest BCUT2D eigenvalue weighted by molar-refractivity contribution is 5.94. The molecule has 1 aliphatic rings. The molecule has 0 N–H and O–H groups in total. The van der Waals surface area contributed by atoms with Crippen molar-refractivity contribution in [1.29, 1.82) is 0 Å². The summed E-state index contributed by atoms with van der Waals surface area (Å²) in [6, 6.07) is 27.3. The average molecular weight is 497 g/mol. The minimum atomic E-state index is -0.290. The Bertz CT molecular complexity index is 1320. The van der Waals surface area contributed by atoms with Gasteiger partial charge < -0.3 is 14.4 Å². The second-order valence-electron chi connectivity index (χ2n) is 9.26. The average Bonchev–Trinajstić information content (AvgIpc) is 3.46. The van der Waals surface area contributed by atoms with Crippen molar-refractivity contribution < 1.29 is 18.7 Å². The summed E-state index contributed by atoms with van der Waals surface area (Å²) >= 11 is 0. The van der Waals surface area contributed by atoms with Crippen LogP contribution >= 0.6 is 0 Å². The Kier molecular flexibility index (Phi) is 7.87. The molecule has 1 aromatic heterocycles. The predicted octanol–water partition coefficient (Wildman–Crippen LogP) is 6.15. The van der Waals surface area contributed by atoms with E-state index in [4.69, 9.17) is 9.47 Å².